The van der Waals surface area contributed by atoms with Crippen LogP contribution in [0.2, 0.25) is 0 Å². The minimum Gasteiger partial charge on any atom is -0.230 e. The largest absolute Gasteiger partial charge is 0.230 e. The van der Waals surface area contributed by atoms with E-state index in [1.54, 1.807) is 0 Å². The van der Waals surface area contributed by atoms with E-state index in [-0.39, 0.29) is 0 Å². The molecule has 0 saturated carbocycles. The highest BCUT2D eigenvalue weighted by atomic mass is 16.0. The number of hydrazine groups is 3. The van der Waals surface area contributed by atoms with Gasteiger partial charge in [-0.1, -0.05) is 38.5 Å². The Morgan fingerprint density at radius 3 is 1.06 bits per heavy atom. The van der Waals surface area contributed by atoms with E-state index in [0.717, 1.165) is 13.1 Å². The number of hydrogen-bond acceptors (Lipinski definition) is 4. The first-order valence-electron chi connectivity index (χ1n) is 7.52. The molecule has 1 heterocycles. The highest BCUT2D eigenvalue weighted by Gasteiger charge is 2.15. The van der Waals surface area contributed by atoms with Crippen LogP contribution in [0.25, 0.3) is 0 Å². The fourth-order valence-corrected chi connectivity index (χ4v) is 2.47. The van der Waals surface area contributed by atoms with Crippen molar-refractivity contribution in [3.05, 3.63) is 0 Å². The molecule has 0 N–H and O–H groups in total. The topological polar surface area (TPSA) is 13.0 Å². The molecule has 1 saturated heterocycles. The van der Waals surface area contributed by atoms with Gasteiger partial charge in [0.15, 0.2) is 0 Å². The molecule has 0 radical (unpaired) electrons. The quantitative estimate of drug-likeness (QED) is 0.660. The molecule has 0 aromatic rings. The fraction of sp³-hybridized carbons (Fsp3) is 1.00. The van der Waals surface area contributed by atoms with Gasteiger partial charge < -0.3 is 0 Å². The van der Waals surface area contributed by atoms with Crippen molar-refractivity contribution in [2.24, 2.45) is 0 Å². The van der Waals surface area contributed by atoms with Crippen LogP contribution in [0.4, 0.5) is 0 Å². The van der Waals surface area contributed by atoms with Crippen LogP contribution in [0.5, 0.6) is 0 Å². The van der Waals surface area contributed by atoms with Crippen LogP contribution in [0, 0.1) is 0 Å². The lowest BCUT2D eigenvalue weighted by Crippen LogP contribution is -2.54. The molecule has 0 bridgehead atoms. The van der Waals surface area contributed by atoms with E-state index in [9.17, 15) is 0 Å². The summed E-state index contributed by atoms with van der Waals surface area (Å²) in [4.78, 5) is 0. The Morgan fingerprint density at radius 1 is 0.444 bits per heavy atom. The Hall–Kier alpha value is -0.160. The maximum Gasteiger partial charge on any atom is 0.0192 e. The van der Waals surface area contributed by atoms with Crippen LogP contribution >= 0.6 is 0 Å². The van der Waals surface area contributed by atoms with Crippen LogP contribution < -0.4 is 0 Å². The monoisotopic (exact) mass is 256 g/mol. The van der Waals surface area contributed by atoms with E-state index < -0.39 is 0 Å². The van der Waals surface area contributed by atoms with Gasteiger partial charge in [0.2, 0.25) is 0 Å². The highest BCUT2D eigenvalue weighted by molar-refractivity contribution is 4.53. The van der Waals surface area contributed by atoms with Crippen LogP contribution in [-0.4, -0.2) is 61.5 Å². The van der Waals surface area contributed by atoms with Gasteiger partial charge in [-0.2, -0.15) is 10.2 Å². The molecule has 0 unspecified atom stereocenters. The van der Waals surface area contributed by atoms with Crippen molar-refractivity contribution in [2.75, 3.05) is 41.3 Å². The van der Waals surface area contributed by atoms with Crippen molar-refractivity contribution in [1.29, 1.82) is 0 Å². The molecular weight excluding hydrogens is 224 g/mol. The van der Waals surface area contributed by atoms with Gasteiger partial charge in [0.1, 0.15) is 0 Å². The Balaban J connectivity index is 2.45. The van der Waals surface area contributed by atoms with Crippen molar-refractivity contribution in [2.45, 2.75) is 51.4 Å². The molecule has 0 spiro atoms. The Labute approximate surface area is 113 Å². The first-order chi connectivity index (χ1) is 8.63. The number of hydrogen-bond donors (Lipinski definition) is 0. The third-order valence-electron chi connectivity index (χ3n) is 4.12. The molecule has 0 aliphatic carbocycles. The second kappa shape index (κ2) is 8.86. The van der Waals surface area contributed by atoms with Gasteiger partial charge in [-0.15, -0.1) is 0 Å². The van der Waals surface area contributed by atoms with Crippen LogP contribution in [0.1, 0.15) is 51.4 Å². The highest BCUT2D eigenvalue weighted by Crippen LogP contribution is 2.11. The molecule has 1 aliphatic heterocycles. The molecule has 0 amide bonds. The summed E-state index contributed by atoms with van der Waals surface area (Å²) in [6.45, 7) is 2.30. The smallest absolute Gasteiger partial charge is 0.0192 e. The van der Waals surface area contributed by atoms with Crippen molar-refractivity contribution in [1.82, 2.24) is 20.3 Å². The number of nitrogens with zero attached hydrogens (tertiary/aromatic N) is 4. The summed E-state index contributed by atoms with van der Waals surface area (Å²) in [5.74, 6) is 0. The van der Waals surface area contributed by atoms with Gasteiger partial charge in [0.25, 0.3) is 0 Å². The van der Waals surface area contributed by atoms with Crippen molar-refractivity contribution >= 4 is 0 Å². The maximum absolute atomic E-state index is 2.31. The summed E-state index contributed by atoms with van der Waals surface area (Å²) in [7, 11) is 8.64. The third kappa shape index (κ3) is 5.65. The predicted molar refractivity (Wildman–Crippen MR) is 77.7 cm³/mol. The van der Waals surface area contributed by atoms with Gasteiger partial charge in [0, 0.05) is 41.3 Å². The average Bonchev–Trinajstić information content (AvgIpc) is 2.37. The third-order valence-corrected chi connectivity index (χ3v) is 4.12. The van der Waals surface area contributed by atoms with E-state index in [1.807, 2.05) is 0 Å². The summed E-state index contributed by atoms with van der Waals surface area (Å²) in [6.07, 6.45) is 11.0. The molecule has 1 fully saturated rings. The van der Waals surface area contributed by atoms with E-state index in [2.05, 4.69) is 48.4 Å². The van der Waals surface area contributed by atoms with Crippen LogP contribution in [0.15, 0.2) is 0 Å². The molecule has 0 atom stereocenters. The van der Waals surface area contributed by atoms with Gasteiger partial charge in [-0.25, -0.2) is 10.0 Å². The second-order valence-corrected chi connectivity index (χ2v) is 5.57. The van der Waals surface area contributed by atoms with Gasteiger partial charge in [-0.3, -0.25) is 0 Å². The minimum atomic E-state index is 1.15. The Bertz CT molecular complexity index is 188. The molecule has 4 heteroatoms. The summed E-state index contributed by atoms with van der Waals surface area (Å²) in [5.41, 5.74) is 0. The molecule has 1 aliphatic rings. The zero-order chi connectivity index (χ0) is 13.4. The predicted octanol–water partition coefficient (Wildman–Crippen LogP) is 2.59. The summed E-state index contributed by atoms with van der Waals surface area (Å²) in [5, 5.41) is 9.04. The molecule has 108 valence electrons. The first kappa shape index (κ1) is 15.9. The molecule has 0 aromatic carbocycles. The molecule has 0 aromatic heterocycles. The fourth-order valence-electron chi connectivity index (χ4n) is 2.47. The molecule has 4 nitrogen and oxygen atoms in total. The SMILES string of the molecule is CN1CCCCCCCCCCN(C)N(C)N1C. The summed E-state index contributed by atoms with van der Waals surface area (Å²) in [6, 6.07) is 0. The van der Waals surface area contributed by atoms with E-state index in [0.29, 0.717) is 0 Å². The van der Waals surface area contributed by atoms with Gasteiger partial charge in [-0.05, 0) is 12.8 Å². The Morgan fingerprint density at radius 2 is 0.722 bits per heavy atom. The lowest BCUT2D eigenvalue weighted by molar-refractivity contribution is -0.235. The van der Waals surface area contributed by atoms with Gasteiger partial charge >= 0.3 is 0 Å². The molecule has 18 heavy (non-hydrogen) atoms. The molecular formula is C14H32N4. The lowest BCUT2D eigenvalue weighted by atomic mass is 10.1. The van der Waals surface area contributed by atoms with Crippen LogP contribution in [0.3, 0.4) is 0 Å². The van der Waals surface area contributed by atoms with E-state index in [1.165, 1.54) is 51.4 Å². The van der Waals surface area contributed by atoms with Crippen molar-refractivity contribution in [3.8, 4) is 0 Å². The Kier molecular flexibility index (Phi) is 7.82. The summed E-state index contributed by atoms with van der Waals surface area (Å²) >= 11 is 0. The first-order valence-corrected chi connectivity index (χ1v) is 7.52. The zero-order valence-electron chi connectivity index (χ0n) is 12.9. The second-order valence-electron chi connectivity index (χ2n) is 5.57. The minimum absolute atomic E-state index is 1.15. The maximum atomic E-state index is 2.31. The molecule has 1 rings (SSSR count). The van der Waals surface area contributed by atoms with Crippen molar-refractivity contribution < 1.29 is 0 Å². The average molecular weight is 256 g/mol. The van der Waals surface area contributed by atoms with E-state index in [4.69, 9.17) is 0 Å². The van der Waals surface area contributed by atoms with Crippen LogP contribution in [-0.2, 0) is 0 Å². The zero-order valence-corrected chi connectivity index (χ0v) is 12.9. The van der Waals surface area contributed by atoms with E-state index >= 15 is 0 Å². The lowest BCUT2D eigenvalue weighted by Gasteiger charge is -2.40. The summed E-state index contributed by atoms with van der Waals surface area (Å²) < 4.78 is 0. The van der Waals surface area contributed by atoms with Gasteiger partial charge in [0.05, 0.1) is 0 Å². The van der Waals surface area contributed by atoms with Crippen molar-refractivity contribution in [3.63, 3.8) is 0 Å². The number of rotatable bonds is 0. The normalized spacial score (nSPS) is 26.0. The standard InChI is InChI=1S/C14H32N4/c1-15-13-11-9-7-5-6-8-10-12-14-16(2)18(4)17(15)3/h5-14H2,1-4H3.